The Morgan fingerprint density at radius 1 is 0.900 bits per heavy atom. The summed E-state index contributed by atoms with van der Waals surface area (Å²) in [5, 5.41) is 10.5. The molecule has 20 heavy (non-hydrogen) atoms. The molecule has 2 heteroatoms. The maximum absolute atomic E-state index is 10.5. The van der Waals surface area contributed by atoms with Gasteiger partial charge in [0.1, 0.15) is 0 Å². The van der Waals surface area contributed by atoms with Gasteiger partial charge in [0.05, 0.1) is 6.10 Å². The van der Waals surface area contributed by atoms with Crippen LogP contribution in [-0.2, 0) is 0 Å². The predicted molar refractivity (Wildman–Crippen MR) is 83.7 cm³/mol. The second-order valence-electron chi connectivity index (χ2n) is 8.21. The molecule has 3 aliphatic rings. The van der Waals surface area contributed by atoms with E-state index >= 15 is 0 Å². The van der Waals surface area contributed by atoms with E-state index in [1.807, 2.05) is 0 Å². The van der Waals surface area contributed by atoms with Gasteiger partial charge >= 0.3 is 0 Å². The smallest absolute Gasteiger partial charge is 0.0700 e. The molecule has 3 fully saturated rings. The van der Waals surface area contributed by atoms with Crippen molar-refractivity contribution in [2.75, 3.05) is 13.1 Å². The molecule has 2 aliphatic carbocycles. The maximum atomic E-state index is 10.5. The predicted octanol–water partition coefficient (Wildman–Crippen LogP) is 3.83. The van der Waals surface area contributed by atoms with Gasteiger partial charge in [0.2, 0.25) is 0 Å². The van der Waals surface area contributed by atoms with Gasteiger partial charge in [0, 0.05) is 6.04 Å². The number of likely N-dealkylation sites (tertiary alicyclic amines) is 1. The topological polar surface area (TPSA) is 23.5 Å². The summed E-state index contributed by atoms with van der Waals surface area (Å²) in [6, 6.07) is 0.437. The minimum absolute atomic E-state index is 0.0887. The van der Waals surface area contributed by atoms with Crippen LogP contribution in [0.25, 0.3) is 0 Å². The maximum Gasteiger partial charge on any atom is 0.0700 e. The van der Waals surface area contributed by atoms with Crippen LogP contribution in [0.3, 0.4) is 0 Å². The summed E-state index contributed by atoms with van der Waals surface area (Å²) in [5.74, 6) is 1.36. The fourth-order valence-electron chi connectivity index (χ4n) is 5.50. The van der Waals surface area contributed by atoms with Crippen LogP contribution in [0.2, 0.25) is 0 Å². The second-order valence-corrected chi connectivity index (χ2v) is 8.21. The molecule has 0 bridgehead atoms. The van der Waals surface area contributed by atoms with Crippen LogP contribution in [0.1, 0.15) is 71.6 Å². The lowest BCUT2D eigenvalue weighted by atomic mass is 9.67. The molecule has 0 amide bonds. The molecule has 1 saturated heterocycles. The fourth-order valence-corrected chi connectivity index (χ4v) is 5.50. The third-order valence-corrected chi connectivity index (χ3v) is 6.59. The van der Waals surface area contributed by atoms with Crippen molar-refractivity contribution < 1.29 is 5.11 Å². The molecule has 0 aromatic heterocycles. The molecule has 3 rings (SSSR count). The van der Waals surface area contributed by atoms with E-state index in [4.69, 9.17) is 0 Å². The molecule has 0 radical (unpaired) electrons. The number of aliphatic hydroxyl groups is 1. The molecule has 116 valence electrons. The Bertz CT molecular complexity index is 301. The first kappa shape index (κ1) is 14.8. The van der Waals surface area contributed by atoms with Gasteiger partial charge in [0.25, 0.3) is 0 Å². The minimum atomic E-state index is -0.0887. The molecule has 4 atom stereocenters. The van der Waals surface area contributed by atoms with Crippen molar-refractivity contribution in [2.24, 2.45) is 17.3 Å². The van der Waals surface area contributed by atoms with Crippen LogP contribution in [0.15, 0.2) is 0 Å². The first-order valence-electron chi connectivity index (χ1n) is 9.02. The first-order chi connectivity index (χ1) is 9.60. The highest BCUT2D eigenvalue weighted by molar-refractivity contribution is 4.95. The fraction of sp³-hybridized carbons (Fsp3) is 1.00. The van der Waals surface area contributed by atoms with Crippen LogP contribution in [0, 0.1) is 17.3 Å². The van der Waals surface area contributed by atoms with Crippen molar-refractivity contribution in [3.8, 4) is 0 Å². The molecule has 1 spiro atoms. The highest BCUT2D eigenvalue weighted by atomic mass is 16.3. The lowest BCUT2D eigenvalue weighted by molar-refractivity contribution is -0.0523. The Hall–Kier alpha value is -0.0800. The van der Waals surface area contributed by atoms with Crippen LogP contribution >= 0.6 is 0 Å². The SMILES string of the molecule is CC1CC(C)C(N2CCC3(CCCCC3)CC2)C(O)C1. The Kier molecular flexibility index (Phi) is 4.42. The van der Waals surface area contributed by atoms with E-state index in [1.54, 1.807) is 0 Å². The summed E-state index contributed by atoms with van der Waals surface area (Å²) in [4.78, 5) is 2.64. The average molecular weight is 279 g/mol. The Labute approximate surface area is 124 Å². The van der Waals surface area contributed by atoms with E-state index in [-0.39, 0.29) is 6.10 Å². The van der Waals surface area contributed by atoms with Gasteiger partial charge in [-0.05, 0) is 68.9 Å². The molecule has 1 heterocycles. The van der Waals surface area contributed by atoms with Gasteiger partial charge in [-0.25, -0.2) is 0 Å². The molecule has 0 aromatic carbocycles. The zero-order valence-electron chi connectivity index (χ0n) is 13.5. The van der Waals surface area contributed by atoms with Crippen molar-refractivity contribution in [1.29, 1.82) is 0 Å². The van der Waals surface area contributed by atoms with Crippen molar-refractivity contribution >= 4 is 0 Å². The van der Waals surface area contributed by atoms with E-state index in [9.17, 15) is 5.11 Å². The normalized spacial score (nSPS) is 42.8. The van der Waals surface area contributed by atoms with Crippen LogP contribution in [0.4, 0.5) is 0 Å². The van der Waals surface area contributed by atoms with Gasteiger partial charge in [-0.3, -0.25) is 4.90 Å². The number of piperidine rings is 1. The van der Waals surface area contributed by atoms with Gasteiger partial charge < -0.3 is 5.11 Å². The van der Waals surface area contributed by atoms with Crippen molar-refractivity contribution in [3.63, 3.8) is 0 Å². The molecular formula is C18H33NO. The summed E-state index contributed by atoms with van der Waals surface area (Å²) in [5.41, 5.74) is 0.685. The summed E-state index contributed by atoms with van der Waals surface area (Å²) in [7, 11) is 0. The lowest BCUT2D eigenvalue weighted by Gasteiger charge is -2.50. The molecule has 2 nitrogen and oxygen atoms in total. The third kappa shape index (κ3) is 2.92. The minimum Gasteiger partial charge on any atom is -0.391 e. The van der Waals surface area contributed by atoms with Gasteiger partial charge in [-0.2, -0.15) is 0 Å². The zero-order chi connectivity index (χ0) is 14.2. The second kappa shape index (κ2) is 5.96. The Morgan fingerprint density at radius 3 is 2.15 bits per heavy atom. The van der Waals surface area contributed by atoms with E-state index in [0.29, 0.717) is 23.3 Å². The average Bonchev–Trinajstić information content (AvgIpc) is 2.41. The quantitative estimate of drug-likeness (QED) is 0.788. The summed E-state index contributed by atoms with van der Waals surface area (Å²) in [6.45, 7) is 7.12. The number of aliphatic hydroxyl groups excluding tert-OH is 1. The van der Waals surface area contributed by atoms with Gasteiger partial charge in [0.15, 0.2) is 0 Å². The monoisotopic (exact) mass is 279 g/mol. The Balaban J connectivity index is 1.59. The lowest BCUT2D eigenvalue weighted by Crippen LogP contribution is -2.55. The molecule has 4 unspecified atom stereocenters. The van der Waals surface area contributed by atoms with Crippen LogP contribution in [-0.4, -0.2) is 35.2 Å². The molecule has 0 aromatic rings. The zero-order valence-corrected chi connectivity index (χ0v) is 13.5. The molecular weight excluding hydrogens is 246 g/mol. The number of rotatable bonds is 1. The van der Waals surface area contributed by atoms with E-state index < -0.39 is 0 Å². The van der Waals surface area contributed by atoms with Gasteiger partial charge in [-0.15, -0.1) is 0 Å². The highest BCUT2D eigenvalue weighted by Crippen LogP contribution is 2.45. The summed E-state index contributed by atoms with van der Waals surface area (Å²) < 4.78 is 0. The number of hydrogen-bond donors (Lipinski definition) is 1. The van der Waals surface area contributed by atoms with E-state index in [0.717, 1.165) is 6.42 Å². The van der Waals surface area contributed by atoms with Crippen LogP contribution in [0.5, 0.6) is 0 Å². The number of nitrogens with zero attached hydrogens (tertiary/aromatic N) is 1. The van der Waals surface area contributed by atoms with Crippen molar-refractivity contribution in [2.45, 2.75) is 83.8 Å². The number of hydrogen-bond acceptors (Lipinski definition) is 2. The molecule has 2 saturated carbocycles. The largest absolute Gasteiger partial charge is 0.391 e. The van der Waals surface area contributed by atoms with Crippen molar-refractivity contribution in [3.05, 3.63) is 0 Å². The van der Waals surface area contributed by atoms with Gasteiger partial charge in [-0.1, -0.05) is 33.1 Å². The van der Waals surface area contributed by atoms with E-state index in [1.165, 1.54) is 64.5 Å². The third-order valence-electron chi connectivity index (χ3n) is 6.59. The Morgan fingerprint density at radius 2 is 1.55 bits per heavy atom. The van der Waals surface area contributed by atoms with E-state index in [2.05, 4.69) is 18.7 Å². The standard InChI is InChI=1S/C18H33NO/c1-14-12-15(2)17(16(20)13-14)19-10-8-18(9-11-19)6-4-3-5-7-18/h14-17,20H,3-13H2,1-2H3. The van der Waals surface area contributed by atoms with Crippen molar-refractivity contribution in [1.82, 2.24) is 4.90 Å². The summed E-state index contributed by atoms with van der Waals surface area (Å²) >= 11 is 0. The van der Waals surface area contributed by atoms with Crippen LogP contribution < -0.4 is 0 Å². The molecule has 1 aliphatic heterocycles. The summed E-state index contributed by atoms with van der Waals surface area (Å²) in [6.07, 6.45) is 12.3. The molecule has 1 N–H and O–H groups in total. The first-order valence-corrected chi connectivity index (χ1v) is 9.02. The highest BCUT2D eigenvalue weighted by Gasteiger charge is 2.41.